The van der Waals surface area contributed by atoms with Gasteiger partial charge in [0.15, 0.2) is 6.29 Å². The molecule has 1 aromatic rings. The zero-order valence-corrected chi connectivity index (χ0v) is 8.50. The molecule has 0 unspecified atom stereocenters. The number of rotatable bonds is 4. The normalized spacial score (nSPS) is 11.4. The zero-order chi connectivity index (χ0) is 13.9. The zero-order valence-electron chi connectivity index (χ0n) is 8.50. The number of hydrogen-bond donors (Lipinski definition) is 0. The molecule has 0 saturated heterocycles. The van der Waals surface area contributed by atoms with E-state index in [0.717, 1.165) is 0 Å². The van der Waals surface area contributed by atoms with Gasteiger partial charge in [0.05, 0.1) is 0 Å². The maximum Gasteiger partial charge on any atom is 0.420 e. The van der Waals surface area contributed by atoms with E-state index in [1.807, 2.05) is 0 Å². The molecule has 0 atom stereocenters. The van der Waals surface area contributed by atoms with Crippen LogP contribution in [-0.4, -0.2) is 19.2 Å². The van der Waals surface area contributed by atoms with Gasteiger partial charge in [-0.3, -0.25) is 9.59 Å². The summed E-state index contributed by atoms with van der Waals surface area (Å²) < 4.78 is 65.5. The summed E-state index contributed by atoms with van der Waals surface area (Å²) in [5.41, 5.74) is -2.95. The highest BCUT2D eigenvalue weighted by Gasteiger charge is 2.38. The largest absolute Gasteiger partial charge is 0.434 e. The van der Waals surface area contributed by atoms with Crippen LogP contribution >= 0.6 is 0 Å². The Morgan fingerprint density at radius 2 is 1.72 bits per heavy atom. The molecule has 98 valence electrons. The van der Waals surface area contributed by atoms with Gasteiger partial charge in [-0.15, -0.1) is 0 Å². The average Bonchev–Trinajstić information content (AvgIpc) is 2.25. The lowest BCUT2D eigenvalue weighted by atomic mass is 10.0. The molecule has 0 aliphatic heterocycles. The van der Waals surface area contributed by atoms with E-state index >= 15 is 0 Å². The van der Waals surface area contributed by atoms with Gasteiger partial charge in [0.2, 0.25) is 0 Å². The van der Waals surface area contributed by atoms with Crippen molar-refractivity contribution in [3.8, 4) is 5.75 Å². The Labute approximate surface area is 97.2 Å². The van der Waals surface area contributed by atoms with Gasteiger partial charge in [-0.05, 0) is 12.1 Å². The number of carbonyl (C=O) groups excluding carboxylic acids is 2. The molecule has 0 bridgehead atoms. The molecule has 0 radical (unpaired) electrons. The van der Waals surface area contributed by atoms with Crippen LogP contribution in [0.5, 0.6) is 5.75 Å². The molecule has 0 amide bonds. The van der Waals surface area contributed by atoms with Gasteiger partial charge in [0, 0.05) is 11.1 Å². The van der Waals surface area contributed by atoms with E-state index in [4.69, 9.17) is 0 Å². The van der Waals surface area contributed by atoms with Crippen LogP contribution in [0.25, 0.3) is 0 Å². The summed E-state index contributed by atoms with van der Waals surface area (Å²) in [6.45, 7) is -3.51. The van der Waals surface area contributed by atoms with E-state index in [-0.39, 0.29) is 18.1 Å². The van der Waals surface area contributed by atoms with Crippen LogP contribution in [0.1, 0.15) is 26.3 Å². The highest BCUT2D eigenvalue weighted by Crippen LogP contribution is 2.39. The van der Waals surface area contributed by atoms with Crippen molar-refractivity contribution in [1.82, 2.24) is 0 Å². The summed E-state index contributed by atoms with van der Waals surface area (Å²) in [6, 6.07) is 1.14. The van der Waals surface area contributed by atoms with Crippen LogP contribution in [-0.2, 0) is 6.18 Å². The monoisotopic (exact) mass is 268 g/mol. The fourth-order valence-corrected chi connectivity index (χ4v) is 1.31. The third-order valence-electron chi connectivity index (χ3n) is 1.92. The molecule has 0 saturated carbocycles. The van der Waals surface area contributed by atoms with Gasteiger partial charge in [-0.2, -0.15) is 22.0 Å². The second-order valence-corrected chi connectivity index (χ2v) is 3.10. The first kappa shape index (κ1) is 14.1. The average molecular weight is 268 g/mol. The van der Waals surface area contributed by atoms with Crippen molar-refractivity contribution in [3.63, 3.8) is 0 Å². The number of aldehydes is 2. The summed E-state index contributed by atoms with van der Waals surface area (Å²) in [6.07, 6.45) is -5.12. The molecule has 0 aliphatic rings. The molecule has 0 fully saturated rings. The van der Waals surface area contributed by atoms with Crippen molar-refractivity contribution < 1.29 is 36.3 Å². The van der Waals surface area contributed by atoms with Crippen LogP contribution < -0.4 is 4.74 Å². The van der Waals surface area contributed by atoms with E-state index in [1.165, 1.54) is 0 Å². The Morgan fingerprint density at radius 1 is 1.11 bits per heavy atom. The number of benzene rings is 1. The molecule has 3 nitrogen and oxygen atoms in total. The van der Waals surface area contributed by atoms with E-state index in [1.54, 1.807) is 0 Å². The highest BCUT2D eigenvalue weighted by molar-refractivity contribution is 5.85. The Kier molecular flexibility index (Phi) is 4.00. The standard InChI is InChI=1S/C10H5F5O3/c11-9(12)18-7-2-5(3-16)1-6(4-17)8(7)10(13,14)15/h1-4,9H. The lowest BCUT2D eigenvalue weighted by Crippen LogP contribution is -2.15. The van der Waals surface area contributed by atoms with Crippen molar-refractivity contribution in [2.24, 2.45) is 0 Å². The Hall–Kier alpha value is -1.99. The van der Waals surface area contributed by atoms with Gasteiger partial charge >= 0.3 is 12.8 Å². The number of ether oxygens (including phenoxy) is 1. The summed E-state index contributed by atoms with van der Waals surface area (Å²) in [5, 5.41) is 0. The molecule has 0 heterocycles. The number of halogens is 5. The molecular weight excluding hydrogens is 263 g/mol. The first-order chi connectivity index (χ1) is 8.29. The molecule has 1 aromatic carbocycles. The van der Waals surface area contributed by atoms with Gasteiger partial charge < -0.3 is 4.74 Å². The van der Waals surface area contributed by atoms with Crippen LogP contribution in [0, 0.1) is 0 Å². The molecule has 1 rings (SSSR count). The summed E-state index contributed by atoms with van der Waals surface area (Å²) in [4.78, 5) is 21.0. The summed E-state index contributed by atoms with van der Waals surface area (Å²) >= 11 is 0. The second-order valence-electron chi connectivity index (χ2n) is 3.10. The topological polar surface area (TPSA) is 43.4 Å². The van der Waals surface area contributed by atoms with Gasteiger partial charge in [-0.1, -0.05) is 0 Å². The SMILES string of the molecule is O=Cc1cc(C=O)c(C(F)(F)F)c(OC(F)F)c1. The van der Waals surface area contributed by atoms with Crippen molar-refractivity contribution >= 4 is 12.6 Å². The summed E-state index contributed by atoms with van der Waals surface area (Å²) in [7, 11) is 0. The third-order valence-corrected chi connectivity index (χ3v) is 1.92. The lowest BCUT2D eigenvalue weighted by molar-refractivity contribution is -0.142. The van der Waals surface area contributed by atoms with Crippen LogP contribution in [0.15, 0.2) is 12.1 Å². The smallest absolute Gasteiger partial charge is 0.420 e. The van der Waals surface area contributed by atoms with Gasteiger partial charge in [0.1, 0.15) is 17.6 Å². The minimum Gasteiger partial charge on any atom is -0.434 e. The fraction of sp³-hybridized carbons (Fsp3) is 0.200. The third kappa shape index (κ3) is 3.02. The van der Waals surface area contributed by atoms with Crippen molar-refractivity contribution in [2.45, 2.75) is 12.8 Å². The quantitative estimate of drug-likeness (QED) is 0.623. The molecule has 0 spiro atoms. The highest BCUT2D eigenvalue weighted by atomic mass is 19.4. The van der Waals surface area contributed by atoms with Crippen LogP contribution in [0.3, 0.4) is 0 Å². The molecule has 0 aliphatic carbocycles. The minimum absolute atomic E-state index is 0.117. The van der Waals surface area contributed by atoms with Crippen LogP contribution in [0.4, 0.5) is 22.0 Å². The second kappa shape index (κ2) is 5.11. The van der Waals surface area contributed by atoms with Crippen LogP contribution in [0.2, 0.25) is 0 Å². The lowest BCUT2D eigenvalue weighted by Gasteiger charge is -2.15. The van der Waals surface area contributed by atoms with Crippen molar-refractivity contribution in [1.29, 1.82) is 0 Å². The predicted octanol–water partition coefficient (Wildman–Crippen LogP) is 2.93. The van der Waals surface area contributed by atoms with E-state index in [2.05, 4.69) is 4.74 Å². The number of alkyl halides is 5. The van der Waals surface area contributed by atoms with E-state index in [0.29, 0.717) is 12.1 Å². The molecular formula is C10H5F5O3. The van der Waals surface area contributed by atoms with E-state index < -0.39 is 29.7 Å². The molecule has 0 aromatic heterocycles. The minimum atomic E-state index is -5.05. The van der Waals surface area contributed by atoms with Gasteiger partial charge in [-0.25, -0.2) is 0 Å². The fourth-order valence-electron chi connectivity index (χ4n) is 1.31. The van der Waals surface area contributed by atoms with Gasteiger partial charge in [0.25, 0.3) is 0 Å². The number of hydrogen-bond acceptors (Lipinski definition) is 3. The van der Waals surface area contributed by atoms with Crippen molar-refractivity contribution in [3.05, 3.63) is 28.8 Å². The molecule has 18 heavy (non-hydrogen) atoms. The predicted molar refractivity (Wildman–Crippen MR) is 48.9 cm³/mol. The first-order valence-electron chi connectivity index (χ1n) is 4.40. The summed E-state index contributed by atoms with van der Waals surface area (Å²) in [5.74, 6) is -1.26. The Bertz CT molecular complexity index is 467. The maximum atomic E-state index is 12.6. The van der Waals surface area contributed by atoms with Crippen molar-refractivity contribution in [2.75, 3.05) is 0 Å². The molecule has 8 heteroatoms. The Morgan fingerprint density at radius 3 is 2.11 bits per heavy atom. The van der Waals surface area contributed by atoms with E-state index in [9.17, 15) is 31.5 Å². The Balaban J connectivity index is 3.52. The first-order valence-corrected chi connectivity index (χ1v) is 4.40. The number of carbonyl (C=O) groups is 2. The maximum absolute atomic E-state index is 12.6. The molecule has 0 N–H and O–H groups in total.